The molecule has 1 amide bonds. The number of amides is 1. The van der Waals surface area contributed by atoms with Crippen LogP contribution in [0.5, 0.6) is 0 Å². The first-order chi connectivity index (χ1) is 8.65. The molecule has 18 heavy (non-hydrogen) atoms. The molecular weight excluding hydrogens is 252 g/mol. The highest BCUT2D eigenvalue weighted by molar-refractivity contribution is 6.29. The van der Waals surface area contributed by atoms with Crippen LogP contribution in [0.4, 0.5) is 0 Å². The number of halogens is 1. The number of nitrogens with zero attached hydrogens (tertiary/aromatic N) is 3. The lowest BCUT2D eigenvalue weighted by Crippen LogP contribution is -2.27. The fraction of sp³-hybridized carbons (Fsp3) is 0.250. The van der Waals surface area contributed by atoms with Crippen molar-refractivity contribution < 1.29 is 4.79 Å². The molecule has 0 aliphatic carbocycles. The quantitative estimate of drug-likeness (QED) is 0.855. The fourth-order valence-corrected chi connectivity index (χ4v) is 1.83. The number of pyridine rings is 1. The van der Waals surface area contributed by atoms with Crippen LogP contribution in [-0.4, -0.2) is 27.0 Å². The zero-order valence-corrected chi connectivity index (χ0v) is 10.7. The van der Waals surface area contributed by atoms with Crippen molar-refractivity contribution in [3.8, 4) is 0 Å². The van der Waals surface area contributed by atoms with Gasteiger partial charge in [0, 0.05) is 36.7 Å². The van der Waals surface area contributed by atoms with Crippen molar-refractivity contribution in [2.24, 2.45) is 0 Å². The second-order valence-electron chi connectivity index (χ2n) is 3.88. The lowest BCUT2D eigenvalue weighted by molar-refractivity contribution is 0.0952. The molecule has 1 N–H and O–H groups in total. The second-order valence-corrected chi connectivity index (χ2v) is 4.26. The zero-order valence-electron chi connectivity index (χ0n) is 9.93. The van der Waals surface area contributed by atoms with Crippen LogP contribution in [0.25, 0.3) is 0 Å². The first-order valence-electron chi connectivity index (χ1n) is 5.53. The third kappa shape index (κ3) is 3.30. The van der Waals surface area contributed by atoms with Gasteiger partial charge in [-0.1, -0.05) is 11.6 Å². The molecule has 0 aliphatic heterocycles. The molecule has 5 nitrogen and oxygen atoms in total. The number of carbonyl (C=O) groups excluding carboxylic acids is 1. The van der Waals surface area contributed by atoms with Crippen LogP contribution in [-0.2, 0) is 6.54 Å². The van der Waals surface area contributed by atoms with Crippen molar-refractivity contribution in [1.82, 2.24) is 19.9 Å². The Kier molecular flexibility index (Phi) is 3.94. The number of aryl methyl sites for hydroxylation is 1. The van der Waals surface area contributed by atoms with Crippen LogP contribution >= 0.6 is 11.6 Å². The Bertz CT molecular complexity index is 519. The van der Waals surface area contributed by atoms with Gasteiger partial charge in [0.1, 0.15) is 5.15 Å². The molecule has 2 aromatic heterocycles. The first-order valence-corrected chi connectivity index (χ1v) is 5.91. The first kappa shape index (κ1) is 12.6. The van der Waals surface area contributed by atoms with Crippen molar-refractivity contribution in [3.63, 3.8) is 0 Å². The van der Waals surface area contributed by atoms with Gasteiger partial charge in [0.25, 0.3) is 5.91 Å². The van der Waals surface area contributed by atoms with E-state index in [2.05, 4.69) is 15.3 Å². The summed E-state index contributed by atoms with van der Waals surface area (Å²) in [6, 6.07) is 3.26. The molecule has 0 aromatic carbocycles. The zero-order chi connectivity index (χ0) is 13.0. The summed E-state index contributed by atoms with van der Waals surface area (Å²) in [6.45, 7) is 3.02. The largest absolute Gasteiger partial charge is 0.350 e. The SMILES string of the molecule is Cc1cc(C(=O)NCCn2ccnc2)cc(Cl)n1. The molecule has 0 radical (unpaired) electrons. The van der Waals surface area contributed by atoms with E-state index in [1.165, 1.54) is 0 Å². The van der Waals surface area contributed by atoms with E-state index in [4.69, 9.17) is 11.6 Å². The van der Waals surface area contributed by atoms with Crippen molar-refractivity contribution in [3.05, 3.63) is 47.3 Å². The van der Waals surface area contributed by atoms with Gasteiger partial charge in [-0.3, -0.25) is 4.79 Å². The van der Waals surface area contributed by atoms with Gasteiger partial charge in [0.15, 0.2) is 0 Å². The summed E-state index contributed by atoms with van der Waals surface area (Å²) in [4.78, 5) is 19.8. The molecule has 94 valence electrons. The van der Waals surface area contributed by atoms with Crippen LogP contribution < -0.4 is 5.32 Å². The van der Waals surface area contributed by atoms with Gasteiger partial charge < -0.3 is 9.88 Å². The summed E-state index contributed by atoms with van der Waals surface area (Å²) in [5.41, 5.74) is 1.25. The molecular formula is C12H13ClN4O. The van der Waals surface area contributed by atoms with Crippen molar-refractivity contribution in [2.45, 2.75) is 13.5 Å². The molecule has 0 saturated heterocycles. The van der Waals surface area contributed by atoms with Gasteiger partial charge in [-0.05, 0) is 19.1 Å². The minimum absolute atomic E-state index is 0.150. The lowest BCUT2D eigenvalue weighted by Gasteiger charge is -2.06. The second kappa shape index (κ2) is 5.64. The Morgan fingerprint density at radius 1 is 1.50 bits per heavy atom. The van der Waals surface area contributed by atoms with Gasteiger partial charge >= 0.3 is 0 Å². The smallest absolute Gasteiger partial charge is 0.251 e. The van der Waals surface area contributed by atoms with E-state index in [0.29, 0.717) is 23.8 Å². The number of imidazole rings is 1. The minimum atomic E-state index is -0.150. The van der Waals surface area contributed by atoms with E-state index in [0.717, 1.165) is 5.69 Å². The maximum Gasteiger partial charge on any atom is 0.251 e. The molecule has 0 spiro atoms. The van der Waals surface area contributed by atoms with Crippen LogP contribution in [0.2, 0.25) is 5.15 Å². The number of nitrogens with one attached hydrogen (secondary N) is 1. The van der Waals surface area contributed by atoms with Crippen LogP contribution in [0, 0.1) is 6.92 Å². The monoisotopic (exact) mass is 264 g/mol. The predicted octanol–water partition coefficient (Wildman–Crippen LogP) is 1.67. The highest BCUT2D eigenvalue weighted by Gasteiger charge is 2.07. The van der Waals surface area contributed by atoms with Crippen molar-refractivity contribution >= 4 is 17.5 Å². The Morgan fingerprint density at radius 2 is 2.33 bits per heavy atom. The Labute approximate surface area is 110 Å². The molecule has 2 rings (SSSR count). The average Bonchev–Trinajstić information content (AvgIpc) is 2.80. The summed E-state index contributed by atoms with van der Waals surface area (Å²) in [5.74, 6) is -0.150. The average molecular weight is 265 g/mol. The highest BCUT2D eigenvalue weighted by atomic mass is 35.5. The van der Waals surface area contributed by atoms with Gasteiger partial charge in [-0.15, -0.1) is 0 Å². The maximum atomic E-state index is 11.9. The lowest BCUT2D eigenvalue weighted by atomic mass is 10.2. The molecule has 0 aliphatic rings. The fourth-order valence-electron chi connectivity index (χ4n) is 1.58. The predicted molar refractivity (Wildman–Crippen MR) is 68.5 cm³/mol. The third-order valence-electron chi connectivity index (χ3n) is 2.40. The van der Waals surface area contributed by atoms with Crippen LogP contribution in [0.3, 0.4) is 0 Å². The number of rotatable bonds is 4. The van der Waals surface area contributed by atoms with E-state index < -0.39 is 0 Å². The minimum Gasteiger partial charge on any atom is -0.350 e. The van der Waals surface area contributed by atoms with Crippen LogP contribution in [0.15, 0.2) is 30.9 Å². The highest BCUT2D eigenvalue weighted by Crippen LogP contribution is 2.10. The third-order valence-corrected chi connectivity index (χ3v) is 2.59. The summed E-state index contributed by atoms with van der Waals surface area (Å²) >= 11 is 5.81. The maximum absolute atomic E-state index is 11.9. The summed E-state index contributed by atoms with van der Waals surface area (Å²) < 4.78 is 1.89. The molecule has 0 atom stereocenters. The van der Waals surface area contributed by atoms with E-state index in [1.54, 1.807) is 31.6 Å². The van der Waals surface area contributed by atoms with Gasteiger partial charge in [-0.2, -0.15) is 0 Å². The van der Waals surface area contributed by atoms with Crippen molar-refractivity contribution in [1.29, 1.82) is 0 Å². The van der Waals surface area contributed by atoms with Gasteiger partial charge in [-0.25, -0.2) is 9.97 Å². The normalized spacial score (nSPS) is 10.3. The Morgan fingerprint density at radius 3 is 3.00 bits per heavy atom. The van der Waals surface area contributed by atoms with E-state index >= 15 is 0 Å². The summed E-state index contributed by atoms with van der Waals surface area (Å²) in [7, 11) is 0. The Hall–Kier alpha value is -1.88. The molecule has 6 heteroatoms. The number of aromatic nitrogens is 3. The standard InChI is InChI=1S/C12H13ClN4O/c1-9-6-10(7-11(13)16-9)12(18)15-3-5-17-4-2-14-8-17/h2,4,6-8H,3,5H2,1H3,(H,15,18). The van der Waals surface area contributed by atoms with E-state index in [-0.39, 0.29) is 5.91 Å². The summed E-state index contributed by atoms with van der Waals surface area (Å²) in [5, 5.41) is 3.15. The molecule has 2 heterocycles. The van der Waals surface area contributed by atoms with E-state index in [9.17, 15) is 4.79 Å². The van der Waals surface area contributed by atoms with E-state index in [1.807, 2.05) is 10.8 Å². The van der Waals surface area contributed by atoms with Crippen LogP contribution in [0.1, 0.15) is 16.1 Å². The molecule has 0 bridgehead atoms. The van der Waals surface area contributed by atoms with Crippen molar-refractivity contribution in [2.75, 3.05) is 6.54 Å². The number of hydrogen-bond acceptors (Lipinski definition) is 3. The molecule has 0 unspecified atom stereocenters. The number of hydrogen-bond donors (Lipinski definition) is 1. The van der Waals surface area contributed by atoms with Gasteiger partial charge in [0.05, 0.1) is 6.33 Å². The topological polar surface area (TPSA) is 59.8 Å². The van der Waals surface area contributed by atoms with Gasteiger partial charge in [0.2, 0.25) is 0 Å². The molecule has 0 saturated carbocycles. The summed E-state index contributed by atoms with van der Waals surface area (Å²) in [6.07, 6.45) is 5.26. The number of carbonyl (C=O) groups is 1. The molecule has 2 aromatic rings. The Balaban J connectivity index is 1.91. The molecule has 0 fully saturated rings.